The molecule has 0 aliphatic rings. The first-order valence-corrected chi connectivity index (χ1v) is 5.86. The highest BCUT2D eigenvalue weighted by molar-refractivity contribution is 4.47. The quantitative estimate of drug-likeness (QED) is 0.535. The molecule has 0 rings (SSSR count). The average molecular weight is 202 g/mol. The third-order valence-corrected chi connectivity index (χ3v) is 2.57. The van der Waals surface area contributed by atoms with Crippen molar-refractivity contribution in [2.24, 2.45) is 11.8 Å². The van der Waals surface area contributed by atoms with Crippen molar-refractivity contribution in [3.8, 4) is 0 Å². The smallest absolute Gasteiger partial charge is 0.0700 e. The predicted molar refractivity (Wildman–Crippen MR) is 60.5 cm³/mol. The molecule has 86 valence electrons. The maximum Gasteiger partial charge on any atom is 0.0700 e. The van der Waals surface area contributed by atoms with E-state index in [1.54, 1.807) is 0 Å². The lowest BCUT2D eigenvalue weighted by Gasteiger charge is -2.11. The van der Waals surface area contributed by atoms with Gasteiger partial charge in [-0.3, -0.25) is 0 Å². The third-order valence-electron chi connectivity index (χ3n) is 2.57. The molecule has 2 heteroatoms. The molecule has 2 atom stereocenters. The summed E-state index contributed by atoms with van der Waals surface area (Å²) in [5, 5.41) is 0. The Kier molecular flexibility index (Phi) is 9.42. The summed E-state index contributed by atoms with van der Waals surface area (Å²) in [4.78, 5) is 0. The molecule has 0 spiro atoms. The molecule has 0 amide bonds. The maximum absolute atomic E-state index is 5.48. The number of ether oxygens (including phenoxy) is 2. The molecule has 0 radical (unpaired) electrons. The van der Waals surface area contributed by atoms with Crippen molar-refractivity contribution < 1.29 is 9.47 Å². The molecule has 2 nitrogen and oxygen atoms in total. The van der Waals surface area contributed by atoms with Crippen LogP contribution in [0.2, 0.25) is 0 Å². The second-order valence-corrected chi connectivity index (χ2v) is 4.18. The standard InChI is InChI=1S/C12H26O2/c1-5-11(3)9-13-7-8-14-10-12(4)6-2/h11-12H,5-10H2,1-4H3. The second kappa shape index (κ2) is 9.47. The highest BCUT2D eigenvalue weighted by atomic mass is 16.5. The lowest BCUT2D eigenvalue weighted by Crippen LogP contribution is -2.12. The molecular formula is C12H26O2. The lowest BCUT2D eigenvalue weighted by atomic mass is 10.1. The Morgan fingerprint density at radius 3 is 1.43 bits per heavy atom. The van der Waals surface area contributed by atoms with E-state index in [9.17, 15) is 0 Å². The number of hydrogen-bond donors (Lipinski definition) is 0. The highest BCUT2D eigenvalue weighted by Gasteiger charge is 1.99. The fourth-order valence-electron chi connectivity index (χ4n) is 0.923. The fraction of sp³-hybridized carbons (Fsp3) is 1.00. The SMILES string of the molecule is CCC(C)COCCOCC(C)CC. The fourth-order valence-corrected chi connectivity index (χ4v) is 0.923. The summed E-state index contributed by atoms with van der Waals surface area (Å²) in [6.45, 7) is 12.0. The van der Waals surface area contributed by atoms with Crippen molar-refractivity contribution >= 4 is 0 Å². The van der Waals surface area contributed by atoms with E-state index in [2.05, 4.69) is 27.7 Å². The Labute approximate surface area is 89.0 Å². The van der Waals surface area contributed by atoms with Crippen LogP contribution in [0.5, 0.6) is 0 Å². The van der Waals surface area contributed by atoms with Crippen molar-refractivity contribution in [3.63, 3.8) is 0 Å². The summed E-state index contributed by atoms with van der Waals surface area (Å²) in [6.07, 6.45) is 2.38. The van der Waals surface area contributed by atoms with Gasteiger partial charge in [0.15, 0.2) is 0 Å². The molecule has 0 saturated heterocycles. The Morgan fingerprint density at radius 2 is 1.14 bits per heavy atom. The van der Waals surface area contributed by atoms with Gasteiger partial charge >= 0.3 is 0 Å². The van der Waals surface area contributed by atoms with Crippen LogP contribution in [-0.2, 0) is 9.47 Å². The van der Waals surface area contributed by atoms with Crippen molar-refractivity contribution in [2.45, 2.75) is 40.5 Å². The van der Waals surface area contributed by atoms with E-state index in [1.165, 1.54) is 12.8 Å². The van der Waals surface area contributed by atoms with Crippen LogP contribution in [-0.4, -0.2) is 26.4 Å². The van der Waals surface area contributed by atoms with Crippen molar-refractivity contribution in [2.75, 3.05) is 26.4 Å². The summed E-state index contributed by atoms with van der Waals surface area (Å²) in [5.41, 5.74) is 0. The van der Waals surface area contributed by atoms with Crippen LogP contribution in [0.1, 0.15) is 40.5 Å². The Balaban J connectivity index is 3.06. The Morgan fingerprint density at radius 1 is 0.786 bits per heavy atom. The minimum absolute atomic E-state index is 0.671. The summed E-state index contributed by atoms with van der Waals surface area (Å²) >= 11 is 0. The Bertz CT molecular complexity index is 101. The van der Waals surface area contributed by atoms with Crippen LogP contribution in [0.25, 0.3) is 0 Å². The zero-order valence-electron chi connectivity index (χ0n) is 10.2. The molecule has 0 aliphatic heterocycles. The van der Waals surface area contributed by atoms with Gasteiger partial charge in [0.1, 0.15) is 0 Å². The highest BCUT2D eigenvalue weighted by Crippen LogP contribution is 2.01. The maximum atomic E-state index is 5.48. The number of rotatable bonds is 9. The van der Waals surface area contributed by atoms with E-state index < -0.39 is 0 Å². The molecular weight excluding hydrogens is 176 g/mol. The lowest BCUT2D eigenvalue weighted by molar-refractivity contribution is 0.0248. The topological polar surface area (TPSA) is 18.5 Å². The molecule has 0 heterocycles. The monoisotopic (exact) mass is 202 g/mol. The molecule has 0 N–H and O–H groups in total. The normalized spacial score (nSPS) is 15.4. The van der Waals surface area contributed by atoms with Gasteiger partial charge in [-0.05, 0) is 11.8 Å². The van der Waals surface area contributed by atoms with Gasteiger partial charge in [-0.25, -0.2) is 0 Å². The summed E-state index contributed by atoms with van der Waals surface area (Å²) in [7, 11) is 0. The van der Waals surface area contributed by atoms with Gasteiger partial charge in [0.25, 0.3) is 0 Å². The molecule has 14 heavy (non-hydrogen) atoms. The first-order chi connectivity index (χ1) is 6.70. The van der Waals surface area contributed by atoms with Gasteiger partial charge < -0.3 is 9.47 Å². The predicted octanol–water partition coefficient (Wildman–Crippen LogP) is 3.11. The molecule has 0 bridgehead atoms. The zero-order chi connectivity index (χ0) is 10.8. The van der Waals surface area contributed by atoms with E-state index in [4.69, 9.17) is 9.47 Å². The van der Waals surface area contributed by atoms with Crippen LogP contribution < -0.4 is 0 Å². The molecule has 0 fully saturated rings. The van der Waals surface area contributed by atoms with E-state index >= 15 is 0 Å². The van der Waals surface area contributed by atoms with Crippen LogP contribution in [0, 0.1) is 11.8 Å². The minimum atomic E-state index is 0.671. The van der Waals surface area contributed by atoms with Crippen LogP contribution >= 0.6 is 0 Å². The third kappa shape index (κ3) is 8.52. The molecule has 0 aromatic rings. The van der Waals surface area contributed by atoms with Crippen LogP contribution in [0.15, 0.2) is 0 Å². The second-order valence-electron chi connectivity index (χ2n) is 4.18. The number of hydrogen-bond acceptors (Lipinski definition) is 2. The largest absolute Gasteiger partial charge is 0.379 e. The minimum Gasteiger partial charge on any atom is -0.379 e. The molecule has 0 saturated carbocycles. The molecule has 2 unspecified atom stereocenters. The summed E-state index contributed by atoms with van der Waals surface area (Å²) in [5.74, 6) is 1.34. The molecule has 0 aromatic carbocycles. The van der Waals surface area contributed by atoms with Gasteiger partial charge in [-0.2, -0.15) is 0 Å². The van der Waals surface area contributed by atoms with Gasteiger partial charge in [0.2, 0.25) is 0 Å². The first-order valence-electron chi connectivity index (χ1n) is 5.86. The zero-order valence-corrected chi connectivity index (χ0v) is 10.2. The van der Waals surface area contributed by atoms with E-state index in [-0.39, 0.29) is 0 Å². The Hall–Kier alpha value is -0.0800. The molecule has 0 aromatic heterocycles. The van der Waals surface area contributed by atoms with E-state index in [1.807, 2.05) is 0 Å². The van der Waals surface area contributed by atoms with Gasteiger partial charge in [0, 0.05) is 13.2 Å². The van der Waals surface area contributed by atoms with Crippen molar-refractivity contribution in [3.05, 3.63) is 0 Å². The summed E-state index contributed by atoms with van der Waals surface area (Å²) < 4.78 is 11.0. The summed E-state index contributed by atoms with van der Waals surface area (Å²) in [6, 6.07) is 0. The van der Waals surface area contributed by atoms with Crippen LogP contribution in [0.4, 0.5) is 0 Å². The first kappa shape index (κ1) is 13.9. The van der Waals surface area contributed by atoms with Crippen LogP contribution in [0.3, 0.4) is 0 Å². The van der Waals surface area contributed by atoms with Gasteiger partial charge in [-0.15, -0.1) is 0 Å². The van der Waals surface area contributed by atoms with Crippen molar-refractivity contribution in [1.29, 1.82) is 0 Å². The van der Waals surface area contributed by atoms with E-state index in [0.29, 0.717) is 11.8 Å². The van der Waals surface area contributed by atoms with E-state index in [0.717, 1.165) is 26.4 Å². The van der Waals surface area contributed by atoms with Gasteiger partial charge in [-0.1, -0.05) is 40.5 Å². The van der Waals surface area contributed by atoms with Gasteiger partial charge in [0.05, 0.1) is 13.2 Å². The average Bonchev–Trinajstić information content (AvgIpc) is 2.22. The van der Waals surface area contributed by atoms with Crippen molar-refractivity contribution in [1.82, 2.24) is 0 Å². The molecule has 0 aliphatic carbocycles.